The van der Waals surface area contributed by atoms with E-state index in [-0.39, 0.29) is 0 Å². The van der Waals surface area contributed by atoms with E-state index in [1.807, 2.05) is 54.6 Å². The number of hydrogen-bond acceptors (Lipinski definition) is 4. The molecule has 6 heteroatoms. The van der Waals surface area contributed by atoms with Crippen molar-refractivity contribution in [3.63, 3.8) is 0 Å². The van der Waals surface area contributed by atoms with Crippen molar-refractivity contribution in [2.45, 2.75) is 20.3 Å². The molecule has 0 aromatic heterocycles. The fraction of sp³-hybridized carbons (Fsp3) is 0.200. The molecule has 0 aliphatic carbocycles. The lowest BCUT2D eigenvalue weighted by Crippen LogP contribution is -2.24. The monoisotopic (exact) mass is 417 g/mol. The van der Waals surface area contributed by atoms with Gasteiger partial charge in [-0.2, -0.15) is 5.10 Å². The second-order valence-corrected chi connectivity index (χ2v) is 7.13. The Kier molecular flexibility index (Phi) is 8.05. The second-order valence-electron chi connectivity index (χ2n) is 7.13. The fourth-order valence-electron chi connectivity index (χ4n) is 2.95. The lowest BCUT2D eigenvalue weighted by atomic mass is 10.1. The van der Waals surface area contributed by atoms with E-state index in [9.17, 15) is 4.79 Å². The Balaban J connectivity index is 1.35. The molecule has 3 rings (SSSR count). The topological polar surface area (TPSA) is 72.0 Å². The minimum absolute atomic E-state index is 0.398. The van der Waals surface area contributed by atoms with Crippen LogP contribution in [0.25, 0.3) is 0 Å². The Labute approximate surface area is 182 Å². The molecule has 2 N–H and O–H groups in total. The van der Waals surface area contributed by atoms with Crippen molar-refractivity contribution in [3.05, 3.63) is 89.5 Å². The van der Waals surface area contributed by atoms with Crippen molar-refractivity contribution in [2.75, 3.05) is 18.5 Å². The molecule has 0 radical (unpaired) electrons. The van der Waals surface area contributed by atoms with Gasteiger partial charge in [-0.1, -0.05) is 24.3 Å². The van der Waals surface area contributed by atoms with Crippen LogP contribution in [0.15, 0.2) is 77.9 Å². The number of rotatable bonds is 9. The van der Waals surface area contributed by atoms with Gasteiger partial charge in [-0.15, -0.1) is 0 Å². The molecule has 160 valence electrons. The third-order valence-electron chi connectivity index (χ3n) is 4.31. The van der Waals surface area contributed by atoms with Crippen molar-refractivity contribution < 1.29 is 14.3 Å². The van der Waals surface area contributed by atoms with E-state index < -0.39 is 6.03 Å². The summed E-state index contributed by atoms with van der Waals surface area (Å²) in [7, 11) is 0. The third kappa shape index (κ3) is 7.85. The molecule has 3 aromatic rings. The van der Waals surface area contributed by atoms with Gasteiger partial charge in [0.2, 0.25) is 0 Å². The van der Waals surface area contributed by atoms with Gasteiger partial charge in [0.25, 0.3) is 0 Å². The van der Waals surface area contributed by atoms with Crippen molar-refractivity contribution in [2.24, 2.45) is 5.10 Å². The van der Waals surface area contributed by atoms with E-state index in [1.54, 1.807) is 18.3 Å². The van der Waals surface area contributed by atoms with Crippen LogP contribution in [-0.2, 0) is 0 Å². The average molecular weight is 418 g/mol. The van der Waals surface area contributed by atoms with Crippen LogP contribution in [0.3, 0.4) is 0 Å². The summed E-state index contributed by atoms with van der Waals surface area (Å²) in [6.07, 6.45) is 2.36. The van der Waals surface area contributed by atoms with Gasteiger partial charge in [-0.3, -0.25) is 0 Å². The summed E-state index contributed by atoms with van der Waals surface area (Å²) in [5, 5.41) is 6.64. The molecule has 0 bridgehead atoms. The SMILES string of the molecule is Cc1cc(C)cc(OCCCOc2ccc(C=NNC(=O)Nc3ccccc3)cc2)c1. The molecule has 0 saturated carbocycles. The quantitative estimate of drug-likeness (QED) is 0.282. The number of hydrogen-bond donors (Lipinski definition) is 2. The zero-order valence-corrected chi connectivity index (χ0v) is 17.8. The Morgan fingerprint density at radius 3 is 2.19 bits per heavy atom. The number of carbonyl (C=O) groups is 1. The lowest BCUT2D eigenvalue weighted by Gasteiger charge is -2.09. The average Bonchev–Trinajstić information content (AvgIpc) is 2.74. The molecule has 0 atom stereocenters. The Bertz CT molecular complexity index is 982. The number of para-hydroxylation sites is 1. The van der Waals surface area contributed by atoms with E-state index in [1.165, 1.54) is 11.1 Å². The number of urea groups is 1. The van der Waals surface area contributed by atoms with Crippen LogP contribution in [-0.4, -0.2) is 25.5 Å². The van der Waals surface area contributed by atoms with Crippen LogP contribution < -0.4 is 20.2 Å². The standard InChI is InChI=1S/C25H27N3O3/c1-19-15-20(2)17-24(16-19)31-14-6-13-30-23-11-9-21(10-12-23)18-26-28-25(29)27-22-7-4-3-5-8-22/h3-5,7-12,15-18H,6,13-14H2,1-2H3,(H2,27,28,29). The van der Waals surface area contributed by atoms with Crippen molar-refractivity contribution in [1.29, 1.82) is 0 Å². The maximum Gasteiger partial charge on any atom is 0.339 e. The number of nitrogens with one attached hydrogen (secondary N) is 2. The van der Waals surface area contributed by atoms with Gasteiger partial charge in [-0.25, -0.2) is 10.2 Å². The number of aryl methyl sites for hydroxylation is 2. The van der Waals surface area contributed by atoms with Gasteiger partial charge in [0.05, 0.1) is 19.4 Å². The highest BCUT2D eigenvalue weighted by Crippen LogP contribution is 2.16. The number of amides is 2. The number of anilines is 1. The molecule has 0 aliphatic heterocycles. The molecule has 0 spiro atoms. The molecule has 2 amide bonds. The number of benzene rings is 3. The summed E-state index contributed by atoms with van der Waals surface area (Å²) in [4.78, 5) is 11.8. The maximum absolute atomic E-state index is 11.8. The second kappa shape index (κ2) is 11.4. The van der Waals surface area contributed by atoms with Gasteiger partial charge < -0.3 is 14.8 Å². The predicted octanol–water partition coefficient (Wildman–Crippen LogP) is 5.31. The Morgan fingerprint density at radius 2 is 1.52 bits per heavy atom. The van der Waals surface area contributed by atoms with Crippen LogP contribution in [0.5, 0.6) is 11.5 Å². The Morgan fingerprint density at radius 1 is 0.871 bits per heavy atom. The van der Waals surface area contributed by atoms with Crippen LogP contribution in [0.2, 0.25) is 0 Å². The van der Waals surface area contributed by atoms with Crippen LogP contribution in [0.1, 0.15) is 23.1 Å². The van der Waals surface area contributed by atoms with Crippen LogP contribution >= 0.6 is 0 Å². The van der Waals surface area contributed by atoms with E-state index in [4.69, 9.17) is 9.47 Å². The molecule has 3 aromatic carbocycles. The minimum atomic E-state index is -0.398. The Hall–Kier alpha value is -3.80. The predicted molar refractivity (Wildman–Crippen MR) is 124 cm³/mol. The summed E-state index contributed by atoms with van der Waals surface area (Å²) >= 11 is 0. The normalized spacial score (nSPS) is 10.6. The highest BCUT2D eigenvalue weighted by molar-refractivity contribution is 5.90. The number of nitrogens with zero attached hydrogens (tertiary/aromatic N) is 1. The number of hydrazone groups is 1. The van der Waals surface area contributed by atoms with E-state index in [2.05, 4.69) is 35.8 Å². The molecular formula is C25H27N3O3. The first kappa shape index (κ1) is 21.9. The van der Waals surface area contributed by atoms with E-state index in [0.717, 1.165) is 23.5 Å². The molecule has 0 unspecified atom stereocenters. The highest BCUT2D eigenvalue weighted by atomic mass is 16.5. The molecule has 0 heterocycles. The van der Waals surface area contributed by atoms with E-state index >= 15 is 0 Å². The summed E-state index contributed by atoms with van der Waals surface area (Å²) in [6, 6.07) is 22.5. The number of ether oxygens (including phenoxy) is 2. The van der Waals surface area contributed by atoms with Gasteiger partial charge in [0.1, 0.15) is 11.5 Å². The molecule has 0 saturated heterocycles. The largest absolute Gasteiger partial charge is 0.493 e. The summed E-state index contributed by atoms with van der Waals surface area (Å²) in [5.41, 5.74) is 6.39. The first-order valence-corrected chi connectivity index (χ1v) is 10.2. The maximum atomic E-state index is 11.8. The van der Waals surface area contributed by atoms with Gasteiger partial charge >= 0.3 is 6.03 Å². The van der Waals surface area contributed by atoms with Crippen LogP contribution in [0.4, 0.5) is 10.5 Å². The van der Waals surface area contributed by atoms with Crippen molar-refractivity contribution >= 4 is 17.9 Å². The first-order valence-electron chi connectivity index (χ1n) is 10.2. The first-order chi connectivity index (χ1) is 15.1. The summed E-state index contributed by atoms with van der Waals surface area (Å²) in [6.45, 7) is 5.30. The van der Waals surface area contributed by atoms with Crippen molar-refractivity contribution in [1.82, 2.24) is 5.43 Å². The zero-order chi connectivity index (χ0) is 21.9. The highest BCUT2D eigenvalue weighted by Gasteiger charge is 2.00. The van der Waals surface area contributed by atoms with Gasteiger partial charge in [0, 0.05) is 12.1 Å². The molecule has 31 heavy (non-hydrogen) atoms. The molecule has 0 aliphatic rings. The van der Waals surface area contributed by atoms with Gasteiger partial charge in [-0.05, 0) is 79.1 Å². The lowest BCUT2D eigenvalue weighted by molar-refractivity contribution is 0.247. The molecule has 6 nitrogen and oxygen atoms in total. The van der Waals surface area contributed by atoms with Crippen molar-refractivity contribution in [3.8, 4) is 11.5 Å². The minimum Gasteiger partial charge on any atom is -0.493 e. The molecule has 0 fully saturated rings. The zero-order valence-electron chi connectivity index (χ0n) is 17.8. The number of carbonyl (C=O) groups excluding carboxylic acids is 1. The van der Waals surface area contributed by atoms with Gasteiger partial charge in [0.15, 0.2) is 0 Å². The van der Waals surface area contributed by atoms with E-state index in [0.29, 0.717) is 18.9 Å². The summed E-state index contributed by atoms with van der Waals surface area (Å²) in [5.74, 6) is 1.67. The third-order valence-corrected chi connectivity index (χ3v) is 4.31. The summed E-state index contributed by atoms with van der Waals surface area (Å²) < 4.78 is 11.5. The smallest absolute Gasteiger partial charge is 0.339 e. The fourth-order valence-corrected chi connectivity index (χ4v) is 2.95. The van der Waals surface area contributed by atoms with Crippen LogP contribution in [0, 0.1) is 13.8 Å². The molecular weight excluding hydrogens is 390 g/mol.